The summed E-state index contributed by atoms with van der Waals surface area (Å²) >= 11 is 3.37. The van der Waals surface area contributed by atoms with Crippen molar-refractivity contribution in [3.63, 3.8) is 0 Å². The number of hydrogen-bond acceptors (Lipinski definition) is 4. The molecule has 0 N–H and O–H groups in total. The number of ether oxygens (including phenoxy) is 2. The van der Waals surface area contributed by atoms with Gasteiger partial charge in [-0.15, -0.1) is 0 Å². The molecular formula is C13H15BrO4. The summed E-state index contributed by atoms with van der Waals surface area (Å²) in [6.45, 7) is 0. The second-order valence-corrected chi connectivity index (χ2v) is 4.25. The Morgan fingerprint density at radius 2 is 1.89 bits per heavy atom. The molecule has 0 aliphatic carbocycles. The van der Waals surface area contributed by atoms with Gasteiger partial charge in [-0.05, 0) is 29.7 Å². The van der Waals surface area contributed by atoms with Crippen LogP contribution in [-0.2, 0) is 26.0 Å². The third kappa shape index (κ3) is 3.84. The Morgan fingerprint density at radius 1 is 1.17 bits per heavy atom. The number of methoxy groups -OCH3 is 2. The van der Waals surface area contributed by atoms with Crippen molar-refractivity contribution in [1.82, 2.24) is 0 Å². The largest absolute Gasteiger partial charge is 0.469 e. The van der Waals surface area contributed by atoms with Gasteiger partial charge in [0.05, 0.1) is 19.8 Å². The number of halogens is 1. The predicted octanol–water partition coefficient (Wildman–Crippen LogP) is 2.47. The first kappa shape index (κ1) is 14.7. The van der Waals surface area contributed by atoms with Gasteiger partial charge in [0.1, 0.15) is 0 Å². The molecule has 0 aliphatic rings. The summed E-state index contributed by atoms with van der Waals surface area (Å²) in [4.78, 5) is 22.5. The van der Waals surface area contributed by atoms with Crippen LogP contribution in [0, 0.1) is 0 Å². The minimum atomic E-state index is -0.364. The van der Waals surface area contributed by atoms with Gasteiger partial charge in [-0.2, -0.15) is 0 Å². The zero-order valence-electron chi connectivity index (χ0n) is 10.4. The molecule has 1 aromatic carbocycles. The summed E-state index contributed by atoms with van der Waals surface area (Å²) in [6.07, 6.45) is 0.920. The van der Waals surface area contributed by atoms with Gasteiger partial charge >= 0.3 is 11.9 Å². The highest BCUT2D eigenvalue weighted by molar-refractivity contribution is 9.08. The van der Waals surface area contributed by atoms with E-state index in [1.54, 1.807) is 12.1 Å². The molecule has 0 bridgehead atoms. The molecular weight excluding hydrogens is 300 g/mol. The standard InChI is InChI=1S/C13H15BrO4/c1-17-12(15)6-5-9-3-4-10(13(16)18-2)7-11(9)8-14/h3-4,7H,5-6,8H2,1-2H3. The van der Waals surface area contributed by atoms with Crippen LogP contribution in [0.2, 0.25) is 0 Å². The van der Waals surface area contributed by atoms with E-state index in [9.17, 15) is 9.59 Å². The summed E-state index contributed by atoms with van der Waals surface area (Å²) in [7, 11) is 2.72. The topological polar surface area (TPSA) is 52.6 Å². The van der Waals surface area contributed by atoms with Crippen LogP contribution in [0.4, 0.5) is 0 Å². The van der Waals surface area contributed by atoms with E-state index in [1.807, 2.05) is 6.07 Å². The second-order valence-electron chi connectivity index (χ2n) is 3.68. The number of esters is 2. The number of benzene rings is 1. The highest BCUT2D eigenvalue weighted by Crippen LogP contribution is 2.18. The van der Waals surface area contributed by atoms with Gasteiger partial charge in [0.15, 0.2) is 0 Å². The molecule has 1 rings (SSSR count). The number of hydrogen-bond donors (Lipinski definition) is 0. The predicted molar refractivity (Wildman–Crippen MR) is 70.7 cm³/mol. The van der Waals surface area contributed by atoms with Crippen LogP contribution >= 0.6 is 15.9 Å². The van der Waals surface area contributed by atoms with Gasteiger partial charge in [0.2, 0.25) is 0 Å². The average molecular weight is 315 g/mol. The van der Waals surface area contributed by atoms with E-state index in [2.05, 4.69) is 25.4 Å². The molecule has 0 amide bonds. The van der Waals surface area contributed by atoms with Crippen LogP contribution in [-0.4, -0.2) is 26.2 Å². The molecule has 0 aliphatic heterocycles. The maximum Gasteiger partial charge on any atom is 0.337 e. The fourth-order valence-electron chi connectivity index (χ4n) is 1.58. The zero-order valence-corrected chi connectivity index (χ0v) is 12.0. The van der Waals surface area contributed by atoms with Crippen molar-refractivity contribution in [3.8, 4) is 0 Å². The fourth-order valence-corrected chi connectivity index (χ4v) is 2.10. The van der Waals surface area contributed by atoms with E-state index in [0.29, 0.717) is 23.7 Å². The van der Waals surface area contributed by atoms with Gasteiger partial charge in [-0.1, -0.05) is 22.0 Å². The van der Waals surface area contributed by atoms with Gasteiger partial charge in [0, 0.05) is 11.8 Å². The van der Waals surface area contributed by atoms with Crippen LogP contribution in [0.3, 0.4) is 0 Å². The van der Waals surface area contributed by atoms with Crippen LogP contribution in [0.5, 0.6) is 0 Å². The van der Waals surface area contributed by atoms with E-state index in [-0.39, 0.29) is 11.9 Å². The molecule has 1 aromatic rings. The van der Waals surface area contributed by atoms with Crippen molar-refractivity contribution in [1.29, 1.82) is 0 Å². The van der Waals surface area contributed by atoms with E-state index in [4.69, 9.17) is 0 Å². The highest BCUT2D eigenvalue weighted by Gasteiger charge is 2.10. The molecule has 18 heavy (non-hydrogen) atoms. The lowest BCUT2D eigenvalue weighted by molar-refractivity contribution is -0.140. The Hall–Kier alpha value is -1.36. The number of carbonyl (C=O) groups excluding carboxylic acids is 2. The smallest absolute Gasteiger partial charge is 0.337 e. The molecule has 0 saturated heterocycles. The zero-order chi connectivity index (χ0) is 13.5. The summed E-state index contributed by atoms with van der Waals surface area (Å²) < 4.78 is 9.26. The van der Waals surface area contributed by atoms with Crippen molar-refractivity contribution in [2.24, 2.45) is 0 Å². The van der Waals surface area contributed by atoms with Crippen molar-refractivity contribution in [3.05, 3.63) is 34.9 Å². The molecule has 0 unspecified atom stereocenters. The van der Waals surface area contributed by atoms with E-state index in [1.165, 1.54) is 14.2 Å². The normalized spacial score (nSPS) is 9.94. The molecule has 0 heterocycles. The minimum absolute atomic E-state index is 0.243. The van der Waals surface area contributed by atoms with E-state index >= 15 is 0 Å². The Bertz CT molecular complexity index is 443. The lowest BCUT2D eigenvalue weighted by Gasteiger charge is -2.08. The van der Waals surface area contributed by atoms with Gasteiger partial charge in [-0.3, -0.25) is 4.79 Å². The van der Waals surface area contributed by atoms with Crippen LogP contribution in [0.15, 0.2) is 18.2 Å². The second kappa shape index (κ2) is 7.16. The maximum atomic E-state index is 11.4. The lowest BCUT2D eigenvalue weighted by atomic mass is 10.0. The Balaban J connectivity index is 2.86. The molecule has 0 saturated carbocycles. The summed E-state index contributed by atoms with van der Waals surface area (Å²) in [5.41, 5.74) is 2.50. The minimum Gasteiger partial charge on any atom is -0.469 e. The molecule has 4 nitrogen and oxygen atoms in total. The molecule has 0 radical (unpaired) electrons. The van der Waals surface area contributed by atoms with E-state index in [0.717, 1.165) is 11.1 Å². The van der Waals surface area contributed by atoms with Gasteiger partial charge in [-0.25, -0.2) is 4.79 Å². The van der Waals surface area contributed by atoms with Crippen LogP contribution in [0.1, 0.15) is 27.9 Å². The molecule has 5 heteroatoms. The first-order chi connectivity index (χ1) is 8.62. The average Bonchev–Trinajstić information content (AvgIpc) is 2.43. The number of carbonyl (C=O) groups is 2. The van der Waals surface area contributed by atoms with E-state index < -0.39 is 0 Å². The third-order valence-corrected chi connectivity index (χ3v) is 3.20. The molecule has 0 aromatic heterocycles. The molecule has 98 valence electrons. The summed E-state index contributed by atoms with van der Waals surface area (Å²) in [6, 6.07) is 5.31. The fraction of sp³-hybridized carbons (Fsp3) is 0.385. The molecule has 0 atom stereocenters. The number of alkyl halides is 1. The van der Waals surface area contributed by atoms with Crippen molar-refractivity contribution < 1.29 is 19.1 Å². The lowest BCUT2D eigenvalue weighted by Crippen LogP contribution is -2.06. The summed E-state index contributed by atoms with van der Waals surface area (Å²) in [5.74, 6) is -0.607. The Labute approximate surface area is 114 Å². The van der Waals surface area contributed by atoms with Gasteiger partial charge in [0.25, 0.3) is 0 Å². The maximum absolute atomic E-state index is 11.4. The van der Waals surface area contributed by atoms with Crippen LogP contribution < -0.4 is 0 Å². The monoisotopic (exact) mass is 314 g/mol. The van der Waals surface area contributed by atoms with Crippen LogP contribution in [0.25, 0.3) is 0 Å². The first-order valence-corrected chi connectivity index (χ1v) is 6.57. The third-order valence-electron chi connectivity index (χ3n) is 2.60. The SMILES string of the molecule is COC(=O)CCc1ccc(C(=O)OC)cc1CBr. The van der Waals surface area contributed by atoms with Gasteiger partial charge < -0.3 is 9.47 Å². The molecule has 0 spiro atoms. The van der Waals surface area contributed by atoms with Crippen molar-refractivity contribution in [2.45, 2.75) is 18.2 Å². The Kier molecular flexibility index (Phi) is 5.85. The van der Waals surface area contributed by atoms with Crippen molar-refractivity contribution in [2.75, 3.05) is 14.2 Å². The number of rotatable bonds is 5. The highest BCUT2D eigenvalue weighted by atomic mass is 79.9. The molecule has 0 fully saturated rings. The first-order valence-electron chi connectivity index (χ1n) is 5.45. The quantitative estimate of drug-likeness (QED) is 0.619. The van der Waals surface area contributed by atoms with Crippen molar-refractivity contribution >= 4 is 27.9 Å². The summed E-state index contributed by atoms with van der Waals surface area (Å²) in [5, 5.41) is 0.619. The number of aryl methyl sites for hydroxylation is 1. The Morgan fingerprint density at radius 3 is 2.44 bits per heavy atom.